The molecule has 0 spiro atoms. The maximum atomic E-state index is 13.7. The Labute approximate surface area is 332 Å². The van der Waals surface area contributed by atoms with E-state index in [0.29, 0.717) is 31.4 Å². The third-order valence-electron chi connectivity index (χ3n) is 9.47. The van der Waals surface area contributed by atoms with E-state index in [-0.39, 0.29) is 56.2 Å². The molecule has 19 nitrogen and oxygen atoms in total. The second-order valence-electron chi connectivity index (χ2n) is 14.3. The molecule has 1 rings (SSSR count). The van der Waals surface area contributed by atoms with Crippen LogP contribution in [0.2, 0.25) is 0 Å². The second-order valence-corrected chi connectivity index (χ2v) is 15.3. The number of rotatable bonds is 17. The predicted molar refractivity (Wildman–Crippen MR) is 210 cm³/mol. The van der Waals surface area contributed by atoms with E-state index in [0.717, 1.165) is 0 Å². The van der Waals surface area contributed by atoms with Crippen LogP contribution >= 0.6 is 11.8 Å². The highest BCUT2D eigenvalue weighted by molar-refractivity contribution is 7.98. The number of carboxylic acids is 1. The molecule has 7 amide bonds. The summed E-state index contributed by atoms with van der Waals surface area (Å²) in [5, 5.41) is 38.5. The molecule has 20 heteroatoms. The van der Waals surface area contributed by atoms with Crippen molar-refractivity contribution in [2.24, 2.45) is 23.3 Å². The number of nitrogens with two attached hydrogens (primary N) is 2. The molecule has 318 valence electrons. The fraction of sp³-hybridized carbons (Fsp3) is 0.722. The number of carboxylic acid groups (broad SMARTS) is 1. The normalized spacial score (nSPS) is 22.6. The monoisotopic (exact) mass is 813 g/mol. The zero-order valence-corrected chi connectivity index (χ0v) is 33.9. The Hall–Kier alpha value is -4.43. The second kappa shape index (κ2) is 25.7. The first kappa shape index (κ1) is 49.6. The smallest absolute Gasteiger partial charge is 0.326 e. The molecule has 0 radical (unpaired) electrons. The molecule has 1 aliphatic rings. The lowest BCUT2D eigenvalue weighted by Gasteiger charge is -2.30. The fourth-order valence-electron chi connectivity index (χ4n) is 5.61. The van der Waals surface area contributed by atoms with E-state index in [9.17, 15) is 48.6 Å². The van der Waals surface area contributed by atoms with Gasteiger partial charge in [-0.15, -0.1) is 0 Å². The van der Waals surface area contributed by atoms with Gasteiger partial charge in [-0.3, -0.25) is 33.6 Å². The molecule has 1 saturated heterocycles. The third-order valence-corrected chi connectivity index (χ3v) is 10.1. The van der Waals surface area contributed by atoms with E-state index in [1.807, 2.05) is 20.1 Å². The first-order valence-electron chi connectivity index (χ1n) is 19.0. The van der Waals surface area contributed by atoms with E-state index >= 15 is 0 Å². The summed E-state index contributed by atoms with van der Waals surface area (Å²) in [5.41, 5.74) is 11.4. The van der Waals surface area contributed by atoms with Crippen LogP contribution in [0, 0.1) is 11.8 Å². The van der Waals surface area contributed by atoms with Crippen LogP contribution in [0.3, 0.4) is 0 Å². The number of carbonyl (C=O) groups excluding carboxylic acids is 7. The van der Waals surface area contributed by atoms with Crippen molar-refractivity contribution in [1.82, 2.24) is 37.2 Å². The first-order valence-corrected chi connectivity index (χ1v) is 20.4. The van der Waals surface area contributed by atoms with E-state index in [4.69, 9.17) is 11.5 Å². The number of primary amides is 1. The topological polar surface area (TPSA) is 313 Å². The lowest BCUT2D eigenvalue weighted by molar-refractivity contribution is -0.143. The Morgan fingerprint density at radius 1 is 0.964 bits per heavy atom. The number of amides is 7. The number of hydrogen-bond acceptors (Lipinski definition) is 12. The van der Waals surface area contributed by atoms with Gasteiger partial charge in [-0.05, 0) is 62.4 Å². The standard InChI is InChI=1S/C36H63N9O10S/c1-7-20(4)29(38)34(52)43-24-12-14-28(48)39-16-9-8-10-23(42-33(51)26(18-46)40-21(5)22(15-17-56-6)41-31(24)49)32(50)45-30(19(2)3)35(53)44-25(36(54)55)11-13-27(37)47/h19-20,22-26,29-30,40,46H,5,7-18,38H2,1-4,6H3,(H2,37,47)(H,39,48)(H,41,49)(H,42,51)(H,43,52)(H,44,53)(H,45,50)(H,54,55)/t20-,22-,23?,24?,25?,26-,29?,30-/m0/s1. The van der Waals surface area contributed by atoms with Gasteiger partial charge in [0.25, 0.3) is 0 Å². The molecule has 0 aliphatic carbocycles. The van der Waals surface area contributed by atoms with Crippen LogP contribution in [0.1, 0.15) is 85.5 Å². The molecular formula is C36H63N9O10S. The number of aliphatic carboxylic acids is 1. The Kier molecular flexibility index (Phi) is 22.7. The van der Waals surface area contributed by atoms with Crippen molar-refractivity contribution < 1.29 is 48.6 Å². The largest absolute Gasteiger partial charge is 0.480 e. The van der Waals surface area contributed by atoms with Crippen molar-refractivity contribution in [1.29, 1.82) is 0 Å². The van der Waals surface area contributed by atoms with Gasteiger partial charge >= 0.3 is 5.97 Å². The molecule has 56 heavy (non-hydrogen) atoms. The molecule has 4 unspecified atom stereocenters. The highest BCUT2D eigenvalue weighted by Crippen LogP contribution is 2.13. The van der Waals surface area contributed by atoms with Crippen LogP contribution < -0.4 is 48.7 Å². The summed E-state index contributed by atoms with van der Waals surface area (Å²) >= 11 is 1.48. The zero-order chi connectivity index (χ0) is 42.5. The van der Waals surface area contributed by atoms with Crippen LogP contribution in [0.25, 0.3) is 0 Å². The molecule has 0 bridgehead atoms. The van der Waals surface area contributed by atoms with Crippen molar-refractivity contribution >= 4 is 59.1 Å². The average Bonchev–Trinajstić information content (AvgIpc) is 3.14. The number of thioether (sulfide) groups is 1. The quantitative estimate of drug-likeness (QED) is 0.0765. The first-order chi connectivity index (χ1) is 26.4. The average molecular weight is 814 g/mol. The predicted octanol–water partition coefficient (Wildman–Crippen LogP) is -1.91. The van der Waals surface area contributed by atoms with Gasteiger partial charge in [-0.1, -0.05) is 40.7 Å². The van der Waals surface area contributed by atoms with E-state index in [1.165, 1.54) is 11.8 Å². The van der Waals surface area contributed by atoms with Gasteiger partial charge in [-0.2, -0.15) is 11.8 Å². The highest BCUT2D eigenvalue weighted by atomic mass is 32.2. The number of hydrogen-bond donors (Lipinski definition) is 11. The van der Waals surface area contributed by atoms with Gasteiger partial charge in [0, 0.05) is 25.1 Å². The number of nitrogens with one attached hydrogen (secondary N) is 7. The Morgan fingerprint density at radius 2 is 1.64 bits per heavy atom. The van der Waals surface area contributed by atoms with Gasteiger partial charge in [0.05, 0.1) is 18.7 Å². The molecule has 1 fully saturated rings. The molecule has 8 atom stereocenters. The summed E-state index contributed by atoms with van der Waals surface area (Å²) in [6, 6.07) is -8.07. The molecule has 0 aromatic rings. The summed E-state index contributed by atoms with van der Waals surface area (Å²) in [6.45, 7) is 10.4. The molecular weight excluding hydrogens is 751 g/mol. The van der Waals surface area contributed by atoms with Crippen LogP contribution in [0.5, 0.6) is 0 Å². The van der Waals surface area contributed by atoms with Crippen molar-refractivity contribution in [2.45, 2.75) is 128 Å². The van der Waals surface area contributed by atoms with E-state index in [1.54, 1.807) is 13.8 Å². The molecule has 1 aliphatic heterocycles. The Morgan fingerprint density at radius 3 is 2.21 bits per heavy atom. The molecule has 0 aromatic heterocycles. The zero-order valence-electron chi connectivity index (χ0n) is 33.1. The molecule has 0 saturated carbocycles. The van der Waals surface area contributed by atoms with Gasteiger partial charge in [-0.25, -0.2) is 4.79 Å². The van der Waals surface area contributed by atoms with Crippen molar-refractivity contribution in [3.05, 3.63) is 12.3 Å². The molecule has 13 N–H and O–H groups in total. The van der Waals surface area contributed by atoms with Gasteiger partial charge < -0.3 is 58.9 Å². The van der Waals surface area contributed by atoms with E-state index in [2.05, 4.69) is 43.8 Å². The van der Waals surface area contributed by atoms with Crippen molar-refractivity contribution in [3.63, 3.8) is 0 Å². The van der Waals surface area contributed by atoms with E-state index < -0.39 is 96.2 Å². The maximum absolute atomic E-state index is 13.7. The number of aliphatic hydroxyl groups is 1. The summed E-state index contributed by atoms with van der Waals surface area (Å²) in [4.78, 5) is 103. The molecule has 1 heterocycles. The fourth-order valence-corrected chi connectivity index (χ4v) is 6.08. The van der Waals surface area contributed by atoms with Crippen LogP contribution in [-0.4, -0.2) is 125 Å². The summed E-state index contributed by atoms with van der Waals surface area (Å²) < 4.78 is 0. The van der Waals surface area contributed by atoms with Crippen LogP contribution in [-0.2, 0) is 38.4 Å². The minimum absolute atomic E-state index is 0.0430. The summed E-state index contributed by atoms with van der Waals surface area (Å²) in [7, 11) is 0. The lowest BCUT2D eigenvalue weighted by atomic mass is 9.98. The third kappa shape index (κ3) is 17.6. The van der Waals surface area contributed by atoms with Gasteiger partial charge in [0.15, 0.2) is 0 Å². The van der Waals surface area contributed by atoms with Gasteiger partial charge in [0.1, 0.15) is 30.2 Å². The minimum Gasteiger partial charge on any atom is -0.480 e. The van der Waals surface area contributed by atoms with Crippen molar-refractivity contribution in [2.75, 3.05) is 25.2 Å². The Balaban J connectivity index is 3.36. The minimum atomic E-state index is -1.45. The highest BCUT2D eigenvalue weighted by Gasteiger charge is 2.34. The number of aliphatic hydroxyl groups excluding tert-OH is 1. The van der Waals surface area contributed by atoms with Crippen molar-refractivity contribution in [3.8, 4) is 0 Å². The van der Waals surface area contributed by atoms with Crippen LogP contribution in [0.15, 0.2) is 12.3 Å². The molecule has 0 aromatic carbocycles. The lowest BCUT2D eigenvalue weighted by Crippen LogP contribution is -2.59. The maximum Gasteiger partial charge on any atom is 0.326 e. The summed E-state index contributed by atoms with van der Waals surface area (Å²) in [6.07, 6.45) is 2.82. The Bertz CT molecular complexity index is 1380. The summed E-state index contributed by atoms with van der Waals surface area (Å²) in [5.74, 6) is -6.24. The number of carbonyl (C=O) groups is 8. The van der Waals surface area contributed by atoms with Crippen LogP contribution in [0.4, 0.5) is 0 Å². The van der Waals surface area contributed by atoms with Gasteiger partial charge in [0.2, 0.25) is 41.4 Å². The SMILES string of the molecule is C=C1N[C@@H](CO)C(=O)NC(C(=O)N[C@H](C(=O)NC(CCC(N)=O)C(=O)O)C(C)C)CCCCNC(=O)CCC(NC(=O)C(N)[C@@H](C)CC)C(=O)N[C@H]1CCSC.